The molecule has 0 unspecified atom stereocenters. The van der Waals surface area contributed by atoms with E-state index in [4.69, 9.17) is 0 Å². The van der Waals surface area contributed by atoms with Crippen molar-refractivity contribution in [2.75, 3.05) is 0 Å². The molecule has 3 nitrogen and oxygen atoms in total. The van der Waals surface area contributed by atoms with Gasteiger partial charge in [-0.2, -0.15) is 5.10 Å². The van der Waals surface area contributed by atoms with E-state index in [-0.39, 0.29) is 5.78 Å². The van der Waals surface area contributed by atoms with Gasteiger partial charge in [0, 0.05) is 13.5 Å². The van der Waals surface area contributed by atoms with E-state index in [2.05, 4.69) is 21.0 Å². The maximum Gasteiger partial charge on any atom is 0.186 e. The lowest BCUT2D eigenvalue weighted by Gasteiger charge is -2.03. The van der Waals surface area contributed by atoms with Gasteiger partial charge in [-0.15, -0.1) is 0 Å². The summed E-state index contributed by atoms with van der Waals surface area (Å²) in [6.07, 6.45) is 2.04. The molecular formula is C13H13BrN2O. The van der Waals surface area contributed by atoms with Crippen LogP contribution in [0, 0.1) is 6.92 Å². The normalized spacial score (nSPS) is 10.5. The van der Waals surface area contributed by atoms with Gasteiger partial charge in [0.25, 0.3) is 0 Å². The summed E-state index contributed by atoms with van der Waals surface area (Å²) in [5, 5.41) is 4.04. The third kappa shape index (κ3) is 2.64. The van der Waals surface area contributed by atoms with Crippen LogP contribution in [-0.4, -0.2) is 15.6 Å². The number of carbonyl (C=O) groups excluding carboxylic acids is 1. The monoisotopic (exact) mass is 292 g/mol. The van der Waals surface area contributed by atoms with E-state index in [1.807, 2.05) is 31.2 Å². The van der Waals surface area contributed by atoms with Crippen molar-refractivity contribution in [2.24, 2.45) is 7.05 Å². The molecule has 0 aliphatic heterocycles. The second-order valence-electron chi connectivity index (χ2n) is 4.05. The molecule has 0 N–H and O–H groups in total. The average molecular weight is 293 g/mol. The van der Waals surface area contributed by atoms with Gasteiger partial charge in [-0.25, -0.2) is 0 Å². The van der Waals surface area contributed by atoms with Crippen LogP contribution in [0.2, 0.25) is 0 Å². The van der Waals surface area contributed by atoms with Crippen molar-refractivity contribution in [3.8, 4) is 0 Å². The van der Waals surface area contributed by atoms with Gasteiger partial charge in [0.05, 0.1) is 10.7 Å². The first-order valence-electron chi connectivity index (χ1n) is 5.34. The Hall–Kier alpha value is -1.42. The number of halogens is 1. The summed E-state index contributed by atoms with van der Waals surface area (Å²) in [7, 11) is 1.77. The molecule has 0 atom stereocenters. The number of aromatic nitrogens is 2. The third-order valence-electron chi connectivity index (χ3n) is 2.64. The molecule has 4 heteroatoms. The van der Waals surface area contributed by atoms with Crippen molar-refractivity contribution >= 4 is 21.7 Å². The second kappa shape index (κ2) is 4.84. The highest BCUT2D eigenvalue weighted by Gasteiger charge is 2.15. The maximum absolute atomic E-state index is 12.1. The van der Waals surface area contributed by atoms with Crippen LogP contribution in [0.1, 0.15) is 21.6 Å². The summed E-state index contributed by atoms with van der Waals surface area (Å²) >= 11 is 3.34. The Morgan fingerprint density at radius 2 is 2.00 bits per heavy atom. The number of ketones is 1. The maximum atomic E-state index is 12.1. The molecule has 2 rings (SSSR count). The van der Waals surface area contributed by atoms with E-state index < -0.39 is 0 Å². The van der Waals surface area contributed by atoms with Crippen LogP contribution >= 0.6 is 15.9 Å². The fourth-order valence-electron chi connectivity index (χ4n) is 1.70. The molecule has 17 heavy (non-hydrogen) atoms. The summed E-state index contributed by atoms with van der Waals surface area (Å²) in [6, 6.07) is 8.00. The van der Waals surface area contributed by atoms with Crippen LogP contribution in [0.5, 0.6) is 0 Å². The van der Waals surface area contributed by atoms with Crippen molar-refractivity contribution in [3.63, 3.8) is 0 Å². The standard InChI is InChI=1S/C13H13BrN2O/c1-9-3-5-10(6-4-9)7-12(17)13-11(14)8-15-16(13)2/h3-6,8H,7H2,1-2H3. The minimum atomic E-state index is 0.0701. The Labute approximate surface area is 109 Å². The van der Waals surface area contributed by atoms with Gasteiger partial charge in [-0.1, -0.05) is 29.8 Å². The number of aryl methyl sites for hydroxylation is 2. The third-order valence-corrected chi connectivity index (χ3v) is 3.22. The highest BCUT2D eigenvalue weighted by Crippen LogP contribution is 2.17. The van der Waals surface area contributed by atoms with Crippen molar-refractivity contribution < 1.29 is 4.79 Å². The number of hydrogen-bond donors (Lipinski definition) is 0. The van der Waals surface area contributed by atoms with Gasteiger partial charge in [-0.05, 0) is 28.4 Å². The SMILES string of the molecule is Cc1ccc(CC(=O)c2c(Br)cnn2C)cc1. The Morgan fingerprint density at radius 1 is 1.35 bits per heavy atom. The number of nitrogens with zero attached hydrogens (tertiary/aromatic N) is 2. The topological polar surface area (TPSA) is 34.9 Å². The smallest absolute Gasteiger partial charge is 0.186 e. The summed E-state index contributed by atoms with van der Waals surface area (Å²) < 4.78 is 2.35. The molecule has 1 heterocycles. The van der Waals surface area contributed by atoms with E-state index in [0.29, 0.717) is 12.1 Å². The Morgan fingerprint density at radius 3 is 2.53 bits per heavy atom. The highest BCUT2D eigenvalue weighted by molar-refractivity contribution is 9.10. The Kier molecular flexibility index (Phi) is 3.43. The Balaban J connectivity index is 2.20. The van der Waals surface area contributed by atoms with Crippen molar-refractivity contribution in [2.45, 2.75) is 13.3 Å². The summed E-state index contributed by atoms with van der Waals surface area (Å²) in [6.45, 7) is 2.03. The van der Waals surface area contributed by atoms with Crippen molar-refractivity contribution in [1.82, 2.24) is 9.78 Å². The van der Waals surface area contributed by atoms with Crippen LogP contribution in [0.15, 0.2) is 34.9 Å². The van der Waals surface area contributed by atoms with Gasteiger partial charge in [0.1, 0.15) is 5.69 Å². The van der Waals surface area contributed by atoms with Gasteiger partial charge in [-0.3, -0.25) is 9.48 Å². The van der Waals surface area contributed by atoms with Crippen molar-refractivity contribution in [3.05, 3.63) is 51.8 Å². The van der Waals surface area contributed by atoms with E-state index in [1.54, 1.807) is 17.9 Å². The van der Waals surface area contributed by atoms with Crippen LogP contribution in [0.3, 0.4) is 0 Å². The summed E-state index contributed by atoms with van der Waals surface area (Å²) in [5.41, 5.74) is 2.84. The van der Waals surface area contributed by atoms with Gasteiger partial charge in [0.15, 0.2) is 5.78 Å². The quantitative estimate of drug-likeness (QED) is 0.816. The van der Waals surface area contributed by atoms with E-state index in [1.165, 1.54) is 5.56 Å². The van der Waals surface area contributed by atoms with E-state index >= 15 is 0 Å². The predicted octanol–water partition coefficient (Wildman–Crippen LogP) is 2.92. The number of hydrogen-bond acceptors (Lipinski definition) is 2. The molecule has 0 radical (unpaired) electrons. The van der Waals surface area contributed by atoms with E-state index in [0.717, 1.165) is 10.0 Å². The van der Waals surface area contributed by atoms with Gasteiger partial charge >= 0.3 is 0 Å². The van der Waals surface area contributed by atoms with Crippen LogP contribution in [0.4, 0.5) is 0 Å². The average Bonchev–Trinajstić information content (AvgIpc) is 2.62. The molecule has 0 bridgehead atoms. The second-order valence-corrected chi connectivity index (χ2v) is 4.90. The first-order valence-corrected chi connectivity index (χ1v) is 6.13. The number of Topliss-reactive ketones (excluding diaryl/α,β-unsaturated/α-hetero) is 1. The zero-order chi connectivity index (χ0) is 12.4. The lowest BCUT2D eigenvalue weighted by molar-refractivity contribution is 0.0983. The lowest BCUT2D eigenvalue weighted by Crippen LogP contribution is -2.10. The zero-order valence-electron chi connectivity index (χ0n) is 9.77. The molecule has 0 fully saturated rings. The molecule has 2 aromatic rings. The molecule has 1 aromatic heterocycles. The predicted molar refractivity (Wildman–Crippen MR) is 70.1 cm³/mol. The lowest BCUT2D eigenvalue weighted by atomic mass is 10.1. The number of rotatable bonds is 3. The highest BCUT2D eigenvalue weighted by atomic mass is 79.9. The van der Waals surface area contributed by atoms with Gasteiger partial charge < -0.3 is 0 Å². The molecule has 1 aromatic carbocycles. The molecule has 0 spiro atoms. The molecule has 0 saturated carbocycles. The largest absolute Gasteiger partial charge is 0.292 e. The van der Waals surface area contributed by atoms with Gasteiger partial charge in [0.2, 0.25) is 0 Å². The molecule has 0 amide bonds. The first-order chi connectivity index (χ1) is 8.08. The number of carbonyl (C=O) groups is 1. The zero-order valence-corrected chi connectivity index (χ0v) is 11.4. The van der Waals surface area contributed by atoms with E-state index in [9.17, 15) is 4.79 Å². The van der Waals surface area contributed by atoms with Crippen LogP contribution < -0.4 is 0 Å². The fourth-order valence-corrected chi connectivity index (χ4v) is 2.27. The molecule has 0 saturated heterocycles. The van der Waals surface area contributed by atoms with Crippen LogP contribution in [0.25, 0.3) is 0 Å². The Bertz CT molecular complexity index is 524. The first kappa shape index (κ1) is 12.0. The fraction of sp³-hybridized carbons (Fsp3) is 0.231. The summed E-state index contributed by atoms with van der Waals surface area (Å²) in [4.78, 5) is 12.1. The number of benzene rings is 1. The molecule has 0 aliphatic rings. The van der Waals surface area contributed by atoms with Crippen LogP contribution in [-0.2, 0) is 13.5 Å². The van der Waals surface area contributed by atoms with Crippen molar-refractivity contribution in [1.29, 1.82) is 0 Å². The molecule has 88 valence electrons. The molecule has 0 aliphatic carbocycles. The minimum Gasteiger partial charge on any atom is -0.292 e. The summed E-state index contributed by atoms with van der Waals surface area (Å²) in [5.74, 6) is 0.0701. The minimum absolute atomic E-state index is 0.0701. The molecular weight excluding hydrogens is 280 g/mol.